The van der Waals surface area contributed by atoms with Crippen LogP contribution in [0.1, 0.15) is 11.1 Å². The number of benzene rings is 1. The third-order valence-corrected chi connectivity index (χ3v) is 1.75. The number of aromatic hydroxyl groups is 1. The van der Waals surface area contributed by atoms with Crippen LogP contribution in [-0.4, -0.2) is 11.7 Å². The number of nitrogens with two attached hydrogens (primary N) is 1. The molecule has 0 aliphatic heterocycles. The van der Waals surface area contributed by atoms with Crippen molar-refractivity contribution in [1.29, 1.82) is 0 Å². The molecule has 0 atom stereocenters. The average molecular weight is 181 g/mol. The van der Waals surface area contributed by atoms with Crippen molar-refractivity contribution in [2.24, 2.45) is 5.73 Å². The molecule has 0 unspecified atom stereocenters. The minimum Gasteiger partial charge on any atom is -0.508 e. The third kappa shape index (κ3) is 2.29. The zero-order valence-corrected chi connectivity index (χ0v) is 7.42. The molecule has 0 saturated carbocycles. The lowest BCUT2D eigenvalue weighted by Gasteiger charge is -2.01. The normalized spacial score (nSPS) is 11.0. The molecule has 0 aliphatic rings. The molecule has 0 saturated heterocycles. The predicted molar refractivity (Wildman–Crippen MR) is 50.9 cm³/mol. The SMILES string of the molecule is Cc1cc(F)c(/C=C/CN)cc1O. The van der Waals surface area contributed by atoms with Crippen molar-refractivity contribution in [3.63, 3.8) is 0 Å². The standard InChI is InChI=1S/C10H12FNO/c1-7-5-9(11)8(3-2-4-12)6-10(7)13/h2-3,5-6,13H,4,12H2,1H3/b3-2+. The molecular formula is C10H12FNO. The maximum Gasteiger partial charge on any atom is 0.130 e. The van der Waals surface area contributed by atoms with Gasteiger partial charge in [-0.05, 0) is 24.6 Å². The van der Waals surface area contributed by atoms with Crippen molar-refractivity contribution < 1.29 is 9.50 Å². The van der Waals surface area contributed by atoms with E-state index in [-0.39, 0.29) is 11.6 Å². The van der Waals surface area contributed by atoms with E-state index in [1.165, 1.54) is 12.1 Å². The molecule has 13 heavy (non-hydrogen) atoms. The van der Waals surface area contributed by atoms with Gasteiger partial charge in [-0.1, -0.05) is 12.2 Å². The maximum atomic E-state index is 13.2. The minimum absolute atomic E-state index is 0.0954. The van der Waals surface area contributed by atoms with Crippen LogP contribution in [0.2, 0.25) is 0 Å². The summed E-state index contributed by atoms with van der Waals surface area (Å²) in [5.41, 5.74) is 6.11. The first-order chi connectivity index (χ1) is 6.15. The van der Waals surface area contributed by atoms with Crippen molar-refractivity contribution in [3.05, 3.63) is 35.2 Å². The second-order valence-electron chi connectivity index (χ2n) is 2.80. The van der Waals surface area contributed by atoms with Crippen molar-refractivity contribution in [3.8, 4) is 5.75 Å². The maximum absolute atomic E-state index is 13.2. The Hall–Kier alpha value is -1.35. The van der Waals surface area contributed by atoms with E-state index < -0.39 is 0 Å². The number of hydrogen-bond donors (Lipinski definition) is 2. The second-order valence-corrected chi connectivity index (χ2v) is 2.80. The van der Waals surface area contributed by atoms with Gasteiger partial charge < -0.3 is 10.8 Å². The van der Waals surface area contributed by atoms with Gasteiger partial charge in [0.15, 0.2) is 0 Å². The van der Waals surface area contributed by atoms with Crippen LogP contribution in [0.4, 0.5) is 4.39 Å². The number of aryl methyl sites for hydroxylation is 1. The molecule has 1 rings (SSSR count). The Bertz CT molecular complexity index is 334. The van der Waals surface area contributed by atoms with E-state index in [9.17, 15) is 9.50 Å². The molecule has 1 aromatic carbocycles. The van der Waals surface area contributed by atoms with Crippen LogP contribution in [0.3, 0.4) is 0 Å². The number of rotatable bonds is 2. The summed E-state index contributed by atoms with van der Waals surface area (Å²) in [6.07, 6.45) is 3.18. The summed E-state index contributed by atoms with van der Waals surface area (Å²) in [6, 6.07) is 2.68. The van der Waals surface area contributed by atoms with E-state index in [2.05, 4.69) is 0 Å². The molecule has 0 aliphatic carbocycles. The highest BCUT2D eigenvalue weighted by Crippen LogP contribution is 2.21. The van der Waals surface area contributed by atoms with Crippen molar-refractivity contribution >= 4 is 6.08 Å². The molecule has 0 heterocycles. The Balaban J connectivity index is 3.08. The average Bonchev–Trinajstić information content (AvgIpc) is 2.09. The molecule has 3 N–H and O–H groups in total. The van der Waals surface area contributed by atoms with Gasteiger partial charge in [-0.3, -0.25) is 0 Å². The van der Waals surface area contributed by atoms with Gasteiger partial charge in [-0.25, -0.2) is 4.39 Å². The molecule has 0 fully saturated rings. The molecule has 0 bridgehead atoms. The molecule has 2 nitrogen and oxygen atoms in total. The van der Waals surface area contributed by atoms with Gasteiger partial charge in [0, 0.05) is 12.1 Å². The fourth-order valence-corrected chi connectivity index (χ4v) is 1.00. The summed E-state index contributed by atoms with van der Waals surface area (Å²) in [7, 11) is 0. The minimum atomic E-state index is -0.347. The molecule has 0 radical (unpaired) electrons. The summed E-state index contributed by atoms with van der Waals surface area (Å²) in [6.45, 7) is 2.00. The topological polar surface area (TPSA) is 46.2 Å². The van der Waals surface area contributed by atoms with Crippen LogP contribution in [-0.2, 0) is 0 Å². The van der Waals surface area contributed by atoms with Crippen LogP contribution in [0.5, 0.6) is 5.75 Å². The Labute approximate surface area is 76.5 Å². The zero-order chi connectivity index (χ0) is 9.84. The summed E-state index contributed by atoms with van der Waals surface area (Å²) < 4.78 is 13.2. The monoisotopic (exact) mass is 181 g/mol. The molecular weight excluding hydrogens is 169 g/mol. The third-order valence-electron chi connectivity index (χ3n) is 1.75. The first-order valence-electron chi connectivity index (χ1n) is 4.01. The van der Waals surface area contributed by atoms with E-state index >= 15 is 0 Å². The summed E-state index contributed by atoms with van der Waals surface area (Å²) in [4.78, 5) is 0. The van der Waals surface area contributed by atoms with Crippen LogP contribution in [0.15, 0.2) is 18.2 Å². The van der Waals surface area contributed by atoms with Gasteiger partial charge in [0.25, 0.3) is 0 Å². The molecule has 0 spiro atoms. The number of hydrogen-bond acceptors (Lipinski definition) is 2. The van der Waals surface area contributed by atoms with Gasteiger partial charge >= 0.3 is 0 Å². The second kappa shape index (κ2) is 4.05. The first kappa shape index (κ1) is 9.74. The van der Waals surface area contributed by atoms with Crippen LogP contribution >= 0.6 is 0 Å². The lowest BCUT2D eigenvalue weighted by Crippen LogP contribution is -1.92. The largest absolute Gasteiger partial charge is 0.508 e. The smallest absolute Gasteiger partial charge is 0.130 e. The predicted octanol–water partition coefficient (Wildman–Crippen LogP) is 1.81. The highest BCUT2D eigenvalue weighted by molar-refractivity contribution is 5.54. The van der Waals surface area contributed by atoms with Gasteiger partial charge in [-0.15, -0.1) is 0 Å². The fraction of sp³-hybridized carbons (Fsp3) is 0.200. The van der Waals surface area contributed by atoms with Gasteiger partial charge in [0.2, 0.25) is 0 Å². The Morgan fingerprint density at radius 1 is 1.54 bits per heavy atom. The molecule has 70 valence electrons. The number of halogens is 1. The first-order valence-corrected chi connectivity index (χ1v) is 4.01. The van der Waals surface area contributed by atoms with E-state index in [4.69, 9.17) is 5.73 Å². The quantitative estimate of drug-likeness (QED) is 0.730. The van der Waals surface area contributed by atoms with Crippen molar-refractivity contribution in [2.45, 2.75) is 6.92 Å². The van der Waals surface area contributed by atoms with E-state index in [0.29, 0.717) is 17.7 Å². The molecule has 0 amide bonds. The molecule has 3 heteroatoms. The summed E-state index contributed by atoms with van der Waals surface area (Å²) in [5.74, 6) is -0.252. The summed E-state index contributed by atoms with van der Waals surface area (Å²) in [5, 5.41) is 9.29. The highest BCUT2D eigenvalue weighted by Gasteiger charge is 2.02. The Kier molecular flexibility index (Phi) is 3.03. The lowest BCUT2D eigenvalue weighted by molar-refractivity contribution is 0.468. The molecule has 1 aromatic rings. The molecule has 0 aromatic heterocycles. The van der Waals surface area contributed by atoms with Crippen LogP contribution in [0, 0.1) is 12.7 Å². The lowest BCUT2D eigenvalue weighted by atomic mass is 10.1. The van der Waals surface area contributed by atoms with Gasteiger partial charge in [0.05, 0.1) is 0 Å². The zero-order valence-electron chi connectivity index (χ0n) is 7.42. The van der Waals surface area contributed by atoms with Crippen LogP contribution in [0.25, 0.3) is 6.08 Å². The number of phenols is 1. The van der Waals surface area contributed by atoms with Gasteiger partial charge in [-0.2, -0.15) is 0 Å². The van der Waals surface area contributed by atoms with E-state index in [1.54, 1.807) is 19.1 Å². The number of phenolic OH excluding ortho intramolecular Hbond substituents is 1. The van der Waals surface area contributed by atoms with Gasteiger partial charge in [0.1, 0.15) is 11.6 Å². The van der Waals surface area contributed by atoms with E-state index in [1.807, 2.05) is 0 Å². The Morgan fingerprint density at radius 3 is 2.85 bits per heavy atom. The Morgan fingerprint density at radius 2 is 2.23 bits per heavy atom. The van der Waals surface area contributed by atoms with E-state index in [0.717, 1.165) is 0 Å². The highest BCUT2D eigenvalue weighted by atomic mass is 19.1. The van der Waals surface area contributed by atoms with Crippen LogP contribution < -0.4 is 5.73 Å². The fourth-order valence-electron chi connectivity index (χ4n) is 1.00. The van der Waals surface area contributed by atoms with Crippen molar-refractivity contribution in [1.82, 2.24) is 0 Å². The summed E-state index contributed by atoms with van der Waals surface area (Å²) >= 11 is 0. The van der Waals surface area contributed by atoms with Crippen molar-refractivity contribution in [2.75, 3.05) is 6.54 Å².